The second kappa shape index (κ2) is 6.22. The third-order valence-corrected chi connectivity index (χ3v) is 4.41. The van der Waals surface area contributed by atoms with Crippen LogP contribution in [0.2, 0.25) is 0 Å². The van der Waals surface area contributed by atoms with E-state index in [1.807, 2.05) is 11.3 Å². The summed E-state index contributed by atoms with van der Waals surface area (Å²) in [5.41, 5.74) is 3.83. The molecule has 0 aliphatic carbocycles. The van der Waals surface area contributed by atoms with Crippen molar-refractivity contribution in [2.45, 2.75) is 26.8 Å². The van der Waals surface area contributed by atoms with Gasteiger partial charge >= 0.3 is 0 Å². The van der Waals surface area contributed by atoms with Gasteiger partial charge in [0, 0.05) is 4.88 Å². The molecule has 1 heterocycles. The molecule has 0 aliphatic rings. The van der Waals surface area contributed by atoms with Crippen LogP contribution >= 0.6 is 11.3 Å². The van der Waals surface area contributed by atoms with E-state index in [0.29, 0.717) is 0 Å². The number of thiophene rings is 1. The van der Waals surface area contributed by atoms with Crippen LogP contribution in [0.4, 0.5) is 0 Å². The lowest BCUT2D eigenvalue weighted by Crippen LogP contribution is -2.21. The normalized spacial score (nSPS) is 12.4. The van der Waals surface area contributed by atoms with E-state index in [1.54, 1.807) is 7.11 Å². The summed E-state index contributed by atoms with van der Waals surface area (Å²) >= 11 is 1.81. The number of methoxy groups -OCH3 is 1. The maximum absolute atomic E-state index is 5.34. The highest BCUT2D eigenvalue weighted by atomic mass is 32.1. The molecule has 1 aromatic heterocycles. The summed E-state index contributed by atoms with van der Waals surface area (Å²) in [7, 11) is 1.72. The number of hydrogen-bond acceptors (Lipinski definition) is 3. The number of aryl methyl sites for hydroxylation is 2. The smallest absolute Gasteiger partial charge is 0.121 e. The van der Waals surface area contributed by atoms with Gasteiger partial charge in [0.15, 0.2) is 0 Å². The summed E-state index contributed by atoms with van der Waals surface area (Å²) in [5.74, 6) is 0.946. The SMILES string of the molecule is CCNC(c1ccc(OC)c(C)c1)c1sccc1C. The van der Waals surface area contributed by atoms with Crippen molar-refractivity contribution in [2.24, 2.45) is 0 Å². The van der Waals surface area contributed by atoms with Crippen LogP contribution in [-0.2, 0) is 0 Å². The van der Waals surface area contributed by atoms with Gasteiger partial charge in [0.1, 0.15) is 5.75 Å². The summed E-state index contributed by atoms with van der Waals surface area (Å²) in [6.07, 6.45) is 0. The monoisotopic (exact) mass is 275 g/mol. The lowest BCUT2D eigenvalue weighted by molar-refractivity contribution is 0.411. The Hall–Kier alpha value is -1.32. The maximum atomic E-state index is 5.34. The maximum Gasteiger partial charge on any atom is 0.121 e. The molecule has 1 unspecified atom stereocenters. The fourth-order valence-electron chi connectivity index (χ4n) is 2.33. The molecule has 0 saturated heterocycles. The van der Waals surface area contributed by atoms with Gasteiger partial charge in [-0.15, -0.1) is 11.3 Å². The molecule has 3 heteroatoms. The Labute approximate surface area is 119 Å². The van der Waals surface area contributed by atoms with Gasteiger partial charge in [-0.2, -0.15) is 0 Å². The molecular formula is C16H21NOS. The molecule has 0 radical (unpaired) electrons. The Morgan fingerprint density at radius 3 is 2.53 bits per heavy atom. The molecule has 19 heavy (non-hydrogen) atoms. The van der Waals surface area contributed by atoms with Gasteiger partial charge in [0.05, 0.1) is 13.2 Å². The summed E-state index contributed by atoms with van der Waals surface area (Å²) in [5, 5.41) is 5.73. The van der Waals surface area contributed by atoms with E-state index in [-0.39, 0.29) is 6.04 Å². The lowest BCUT2D eigenvalue weighted by Gasteiger charge is -2.19. The average molecular weight is 275 g/mol. The Morgan fingerprint density at radius 1 is 1.21 bits per heavy atom. The van der Waals surface area contributed by atoms with Gasteiger partial charge in [-0.3, -0.25) is 0 Å². The molecule has 1 atom stereocenters. The first-order valence-electron chi connectivity index (χ1n) is 6.59. The second-order valence-electron chi connectivity index (χ2n) is 4.69. The largest absolute Gasteiger partial charge is 0.496 e. The molecule has 0 spiro atoms. The van der Waals surface area contributed by atoms with Crippen molar-refractivity contribution < 1.29 is 4.74 Å². The first-order chi connectivity index (χ1) is 9.17. The second-order valence-corrected chi connectivity index (χ2v) is 5.64. The quantitative estimate of drug-likeness (QED) is 0.888. The number of benzene rings is 1. The minimum absolute atomic E-state index is 0.273. The number of nitrogens with one attached hydrogen (secondary N) is 1. The minimum Gasteiger partial charge on any atom is -0.496 e. The Bertz CT molecular complexity index is 547. The highest BCUT2D eigenvalue weighted by Crippen LogP contribution is 2.31. The number of rotatable bonds is 5. The molecule has 1 aromatic carbocycles. The molecular weight excluding hydrogens is 254 g/mol. The average Bonchev–Trinajstić information content (AvgIpc) is 2.82. The van der Waals surface area contributed by atoms with Gasteiger partial charge in [-0.05, 0) is 54.6 Å². The van der Waals surface area contributed by atoms with E-state index in [0.717, 1.165) is 12.3 Å². The fraction of sp³-hybridized carbons (Fsp3) is 0.375. The fourth-order valence-corrected chi connectivity index (χ4v) is 3.36. The van der Waals surface area contributed by atoms with Crippen LogP contribution in [0.1, 0.15) is 34.5 Å². The van der Waals surface area contributed by atoms with E-state index >= 15 is 0 Å². The highest BCUT2D eigenvalue weighted by Gasteiger charge is 2.17. The van der Waals surface area contributed by atoms with Crippen LogP contribution in [0, 0.1) is 13.8 Å². The van der Waals surface area contributed by atoms with Gasteiger partial charge in [0.2, 0.25) is 0 Å². The van der Waals surface area contributed by atoms with E-state index in [2.05, 4.69) is 55.7 Å². The third kappa shape index (κ3) is 2.99. The van der Waals surface area contributed by atoms with Gasteiger partial charge in [-0.1, -0.05) is 19.1 Å². The van der Waals surface area contributed by atoms with Gasteiger partial charge < -0.3 is 10.1 Å². The first-order valence-corrected chi connectivity index (χ1v) is 7.47. The van der Waals surface area contributed by atoms with Crippen molar-refractivity contribution in [1.29, 1.82) is 0 Å². The zero-order valence-electron chi connectivity index (χ0n) is 12.0. The van der Waals surface area contributed by atoms with Gasteiger partial charge in [0.25, 0.3) is 0 Å². The van der Waals surface area contributed by atoms with Crippen molar-refractivity contribution in [3.63, 3.8) is 0 Å². The molecule has 0 aliphatic heterocycles. The lowest BCUT2D eigenvalue weighted by atomic mass is 10.0. The minimum atomic E-state index is 0.273. The molecule has 102 valence electrons. The molecule has 2 rings (SSSR count). The Balaban J connectivity index is 2.39. The summed E-state index contributed by atoms with van der Waals surface area (Å²) in [4.78, 5) is 1.39. The highest BCUT2D eigenvalue weighted by molar-refractivity contribution is 7.10. The van der Waals surface area contributed by atoms with Crippen LogP contribution < -0.4 is 10.1 Å². The Kier molecular flexibility index (Phi) is 4.61. The Morgan fingerprint density at radius 2 is 2.00 bits per heavy atom. The van der Waals surface area contributed by atoms with Crippen molar-refractivity contribution >= 4 is 11.3 Å². The summed E-state index contributed by atoms with van der Waals surface area (Å²) < 4.78 is 5.34. The standard InChI is InChI=1S/C16H21NOS/c1-5-17-15(16-11(2)8-9-19-16)13-6-7-14(18-4)12(3)10-13/h6-10,15,17H,5H2,1-4H3. The molecule has 0 amide bonds. The molecule has 2 nitrogen and oxygen atoms in total. The summed E-state index contributed by atoms with van der Waals surface area (Å²) in [6, 6.07) is 8.87. The van der Waals surface area contributed by atoms with E-state index in [4.69, 9.17) is 4.74 Å². The van der Waals surface area contributed by atoms with Crippen LogP contribution in [0.15, 0.2) is 29.6 Å². The number of hydrogen-bond donors (Lipinski definition) is 1. The predicted octanol–water partition coefficient (Wildman–Crippen LogP) is 4.07. The molecule has 1 N–H and O–H groups in total. The predicted molar refractivity (Wildman–Crippen MR) is 82.3 cm³/mol. The van der Waals surface area contributed by atoms with Crippen molar-refractivity contribution in [3.8, 4) is 5.75 Å². The molecule has 2 aromatic rings. The molecule has 0 fully saturated rings. The van der Waals surface area contributed by atoms with Crippen LogP contribution in [0.3, 0.4) is 0 Å². The molecule has 0 saturated carbocycles. The zero-order chi connectivity index (χ0) is 13.8. The third-order valence-electron chi connectivity index (χ3n) is 3.32. The molecule has 0 bridgehead atoms. The first kappa shape index (κ1) is 14.1. The topological polar surface area (TPSA) is 21.3 Å². The van der Waals surface area contributed by atoms with E-state index in [1.165, 1.54) is 21.6 Å². The van der Waals surface area contributed by atoms with Crippen LogP contribution in [0.25, 0.3) is 0 Å². The summed E-state index contributed by atoms with van der Waals surface area (Å²) in [6.45, 7) is 7.36. The van der Waals surface area contributed by atoms with Crippen molar-refractivity contribution in [1.82, 2.24) is 5.32 Å². The van der Waals surface area contributed by atoms with Crippen molar-refractivity contribution in [3.05, 3.63) is 51.2 Å². The number of ether oxygens (including phenoxy) is 1. The van der Waals surface area contributed by atoms with Crippen LogP contribution in [-0.4, -0.2) is 13.7 Å². The van der Waals surface area contributed by atoms with Crippen molar-refractivity contribution in [2.75, 3.05) is 13.7 Å². The van der Waals surface area contributed by atoms with E-state index in [9.17, 15) is 0 Å². The zero-order valence-corrected chi connectivity index (χ0v) is 12.8. The van der Waals surface area contributed by atoms with Gasteiger partial charge in [-0.25, -0.2) is 0 Å². The van der Waals surface area contributed by atoms with E-state index < -0.39 is 0 Å². The van der Waals surface area contributed by atoms with Crippen LogP contribution in [0.5, 0.6) is 5.75 Å².